The molecule has 1 aromatic heterocycles. The molecule has 0 radical (unpaired) electrons. The van der Waals surface area contributed by atoms with Gasteiger partial charge in [-0.3, -0.25) is 24.4 Å². The van der Waals surface area contributed by atoms with Crippen LogP contribution in [-0.4, -0.2) is 51.1 Å². The van der Waals surface area contributed by atoms with Gasteiger partial charge in [0.15, 0.2) is 0 Å². The lowest BCUT2D eigenvalue weighted by atomic mass is 10.3. The van der Waals surface area contributed by atoms with Crippen LogP contribution in [0.2, 0.25) is 0 Å². The SMILES string of the molecule is Cc1nn(CC(=O)NCCC(=O)N2CCCC2)c(C)c1[N+](=O)[O-]. The second kappa shape index (κ2) is 7.21. The van der Waals surface area contributed by atoms with Crippen LogP contribution in [-0.2, 0) is 16.1 Å². The zero-order chi connectivity index (χ0) is 17.0. The lowest BCUT2D eigenvalue weighted by Crippen LogP contribution is -2.34. The number of rotatable bonds is 6. The molecule has 0 atom stereocenters. The maximum atomic E-state index is 11.9. The Balaban J connectivity index is 1.82. The summed E-state index contributed by atoms with van der Waals surface area (Å²) in [6, 6.07) is 0. The highest BCUT2D eigenvalue weighted by molar-refractivity contribution is 5.79. The number of aromatic nitrogens is 2. The van der Waals surface area contributed by atoms with Gasteiger partial charge in [0.05, 0.1) is 4.92 Å². The number of nitrogens with zero attached hydrogens (tertiary/aromatic N) is 4. The number of carbonyl (C=O) groups excluding carboxylic acids is 2. The van der Waals surface area contributed by atoms with Crippen LogP contribution in [0.3, 0.4) is 0 Å². The number of amides is 2. The summed E-state index contributed by atoms with van der Waals surface area (Å²) < 4.78 is 1.31. The van der Waals surface area contributed by atoms with Crippen molar-refractivity contribution >= 4 is 17.5 Å². The molecule has 9 nitrogen and oxygen atoms in total. The van der Waals surface area contributed by atoms with E-state index >= 15 is 0 Å². The smallest absolute Gasteiger partial charge is 0.312 e. The average Bonchev–Trinajstić information content (AvgIpc) is 3.08. The number of nitro groups is 1. The Morgan fingerprint density at radius 3 is 2.52 bits per heavy atom. The van der Waals surface area contributed by atoms with Gasteiger partial charge in [-0.15, -0.1) is 0 Å². The lowest BCUT2D eigenvalue weighted by Gasteiger charge is -2.15. The normalized spacial score (nSPS) is 14.1. The van der Waals surface area contributed by atoms with Gasteiger partial charge in [-0.2, -0.15) is 5.10 Å². The summed E-state index contributed by atoms with van der Waals surface area (Å²) in [5, 5.41) is 17.6. The van der Waals surface area contributed by atoms with Gasteiger partial charge in [0.2, 0.25) is 11.8 Å². The quantitative estimate of drug-likeness (QED) is 0.606. The van der Waals surface area contributed by atoms with Crippen molar-refractivity contribution in [1.29, 1.82) is 0 Å². The molecule has 0 spiro atoms. The van der Waals surface area contributed by atoms with Crippen LogP contribution in [0, 0.1) is 24.0 Å². The van der Waals surface area contributed by atoms with Crippen LogP contribution in [0.1, 0.15) is 30.7 Å². The minimum Gasteiger partial charge on any atom is -0.354 e. The van der Waals surface area contributed by atoms with E-state index in [-0.39, 0.29) is 42.7 Å². The molecule has 2 amide bonds. The molecule has 0 aliphatic carbocycles. The van der Waals surface area contributed by atoms with Crippen molar-refractivity contribution in [3.05, 3.63) is 21.5 Å². The van der Waals surface area contributed by atoms with E-state index in [0.29, 0.717) is 5.69 Å². The highest BCUT2D eigenvalue weighted by atomic mass is 16.6. The van der Waals surface area contributed by atoms with Crippen molar-refractivity contribution in [2.45, 2.75) is 39.7 Å². The predicted molar refractivity (Wildman–Crippen MR) is 81.8 cm³/mol. The van der Waals surface area contributed by atoms with E-state index in [2.05, 4.69) is 10.4 Å². The largest absolute Gasteiger partial charge is 0.354 e. The fourth-order valence-electron chi connectivity index (χ4n) is 2.73. The molecular formula is C14H21N5O4. The number of hydrogen-bond donors (Lipinski definition) is 1. The second-order valence-electron chi connectivity index (χ2n) is 5.62. The average molecular weight is 323 g/mol. The van der Waals surface area contributed by atoms with E-state index in [4.69, 9.17) is 0 Å². The van der Waals surface area contributed by atoms with Gasteiger partial charge in [0, 0.05) is 26.1 Å². The maximum Gasteiger partial charge on any atom is 0.312 e. The molecule has 1 aromatic rings. The summed E-state index contributed by atoms with van der Waals surface area (Å²) in [7, 11) is 0. The van der Waals surface area contributed by atoms with E-state index in [1.54, 1.807) is 11.8 Å². The van der Waals surface area contributed by atoms with Crippen LogP contribution in [0.5, 0.6) is 0 Å². The molecular weight excluding hydrogens is 302 g/mol. The Kier molecular flexibility index (Phi) is 5.30. The molecule has 1 aliphatic rings. The van der Waals surface area contributed by atoms with Crippen LogP contribution in [0.25, 0.3) is 0 Å². The Hall–Kier alpha value is -2.45. The minimum absolute atomic E-state index is 0.0459. The summed E-state index contributed by atoms with van der Waals surface area (Å²) in [5.74, 6) is -0.274. The molecule has 2 heterocycles. The fourth-order valence-corrected chi connectivity index (χ4v) is 2.73. The highest BCUT2D eigenvalue weighted by Gasteiger charge is 2.23. The molecule has 1 N–H and O–H groups in total. The molecule has 23 heavy (non-hydrogen) atoms. The van der Waals surface area contributed by atoms with Gasteiger partial charge in [0.25, 0.3) is 0 Å². The molecule has 1 aliphatic heterocycles. The zero-order valence-corrected chi connectivity index (χ0v) is 13.4. The third kappa shape index (κ3) is 4.05. The summed E-state index contributed by atoms with van der Waals surface area (Å²) in [6.07, 6.45) is 2.34. The van der Waals surface area contributed by atoms with E-state index in [1.807, 2.05) is 0 Å². The molecule has 9 heteroatoms. The first-order chi connectivity index (χ1) is 10.9. The molecule has 0 saturated carbocycles. The lowest BCUT2D eigenvalue weighted by molar-refractivity contribution is -0.386. The van der Waals surface area contributed by atoms with E-state index in [1.165, 1.54) is 11.6 Å². The van der Waals surface area contributed by atoms with E-state index in [0.717, 1.165) is 25.9 Å². The van der Waals surface area contributed by atoms with Gasteiger partial charge in [0.1, 0.15) is 17.9 Å². The molecule has 1 fully saturated rings. The van der Waals surface area contributed by atoms with Crippen LogP contribution in [0.4, 0.5) is 5.69 Å². The molecule has 0 bridgehead atoms. The van der Waals surface area contributed by atoms with Gasteiger partial charge >= 0.3 is 5.69 Å². The number of likely N-dealkylation sites (tertiary alicyclic amines) is 1. The van der Waals surface area contributed by atoms with E-state index in [9.17, 15) is 19.7 Å². The van der Waals surface area contributed by atoms with E-state index < -0.39 is 4.92 Å². The second-order valence-corrected chi connectivity index (χ2v) is 5.62. The van der Waals surface area contributed by atoms with Gasteiger partial charge < -0.3 is 10.2 Å². The number of nitrogens with one attached hydrogen (secondary N) is 1. The van der Waals surface area contributed by atoms with Gasteiger partial charge in [-0.05, 0) is 26.7 Å². The van der Waals surface area contributed by atoms with Crippen LogP contribution >= 0.6 is 0 Å². The number of hydrogen-bond acceptors (Lipinski definition) is 5. The van der Waals surface area contributed by atoms with Crippen molar-refractivity contribution in [3.8, 4) is 0 Å². The van der Waals surface area contributed by atoms with Crippen molar-refractivity contribution in [1.82, 2.24) is 20.0 Å². The Morgan fingerprint density at radius 2 is 1.96 bits per heavy atom. The first kappa shape index (κ1) is 16.9. The monoisotopic (exact) mass is 323 g/mol. The Morgan fingerprint density at radius 1 is 1.30 bits per heavy atom. The number of aryl methyl sites for hydroxylation is 1. The molecule has 126 valence electrons. The molecule has 1 saturated heterocycles. The molecule has 2 rings (SSSR count). The molecule has 0 aromatic carbocycles. The Bertz CT molecular complexity index is 619. The highest BCUT2D eigenvalue weighted by Crippen LogP contribution is 2.21. The summed E-state index contributed by atoms with van der Waals surface area (Å²) in [4.78, 5) is 36.0. The maximum absolute atomic E-state index is 11.9. The number of carbonyl (C=O) groups is 2. The van der Waals surface area contributed by atoms with Crippen molar-refractivity contribution in [2.75, 3.05) is 19.6 Å². The van der Waals surface area contributed by atoms with Gasteiger partial charge in [-0.25, -0.2) is 0 Å². The van der Waals surface area contributed by atoms with Gasteiger partial charge in [-0.1, -0.05) is 0 Å². The predicted octanol–water partition coefficient (Wildman–Crippen LogP) is 0.537. The minimum atomic E-state index is -0.499. The van der Waals surface area contributed by atoms with Crippen LogP contribution in [0.15, 0.2) is 0 Å². The fraction of sp³-hybridized carbons (Fsp3) is 0.643. The summed E-state index contributed by atoms with van der Waals surface area (Å²) in [6.45, 7) is 4.84. The van der Waals surface area contributed by atoms with Crippen molar-refractivity contribution < 1.29 is 14.5 Å². The molecule has 0 unspecified atom stereocenters. The summed E-state index contributed by atoms with van der Waals surface area (Å²) in [5.41, 5.74) is 0.558. The van der Waals surface area contributed by atoms with Crippen LogP contribution < -0.4 is 5.32 Å². The van der Waals surface area contributed by atoms with Crippen molar-refractivity contribution in [3.63, 3.8) is 0 Å². The first-order valence-corrected chi connectivity index (χ1v) is 7.63. The topological polar surface area (TPSA) is 110 Å². The Labute approximate surface area is 133 Å². The third-order valence-electron chi connectivity index (χ3n) is 3.94. The standard InChI is InChI=1S/C14H21N5O4/c1-10-14(19(22)23)11(2)18(16-10)9-12(20)15-6-5-13(21)17-7-3-4-8-17/h3-9H2,1-2H3,(H,15,20). The first-order valence-electron chi connectivity index (χ1n) is 7.63. The van der Waals surface area contributed by atoms with Crippen molar-refractivity contribution in [2.24, 2.45) is 0 Å². The zero-order valence-electron chi connectivity index (χ0n) is 13.4. The summed E-state index contributed by atoms with van der Waals surface area (Å²) >= 11 is 0. The third-order valence-corrected chi connectivity index (χ3v) is 3.94.